The molecular weight excluding hydrogens is 492 g/mol. The maximum absolute atomic E-state index is 6.40. The van der Waals surface area contributed by atoms with Crippen LogP contribution in [0.15, 0.2) is 126 Å². The van der Waals surface area contributed by atoms with Crippen molar-refractivity contribution >= 4 is 65.6 Å². The Morgan fingerprint density at radius 1 is 0.450 bits per heavy atom. The van der Waals surface area contributed by atoms with Crippen molar-refractivity contribution in [1.29, 1.82) is 0 Å². The third kappa shape index (κ3) is 2.42. The van der Waals surface area contributed by atoms with Crippen molar-refractivity contribution in [3.05, 3.63) is 121 Å². The van der Waals surface area contributed by atoms with E-state index >= 15 is 0 Å². The van der Waals surface area contributed by atoms with Crippen LogP contribution in [0.5, 0.6) is 11.5 Å². The Labute approximate surface area is 227 Å². The smallest absolute Gasteiger partial charge is 0.152 e. The van der Waals surface area contributed by atoms with Gasteiger partial charge in [-0.3, -0.25) is 0 Å². The molecule has 0 amide bonds. The van der Waals surface area contributed by atoms with Crippen LogP contribution in [0.2, 0.25) is 0 Å². The fourth-order valence-corrected chi connectivity index (χ4v) is 6.88. The molecule has 0 saturated carbocycles. The molecule has 3 aromatic heterocycles. The second kappa shape index (κ2) is 7.13. The van der Waals surface area contributed by atoms with E-state index in [4.69, 9.17) is 9.15 Å². The minimum Gasteiger partial charge on any atom is -0.456 e. The molecule has 0 bridgehead atoms. The second-order valence-corrected chi connectivity index (χ2v) is 10.5. The van der Waals surface area contributed by atoms with Crippen molar-refractivity contribution in [3.63, 3.8) is 0 Å². The molecule has 0 atom stereocenters. The maximum Gasteiger partial charge on any atom is 0.152 e. The molecule has 0 spiro atoms. The highest BCUT2D eigenvalue weighted by Crippen LogP contribution is 2.48. The number of hydrogen-bond donors (Lipinski definition) is 0. The lowest BCUT2D eigenvalue weighted by molar-refractivity contribution is 0.476. The van der Waals surface area contributed by atoms with Gasteiger partial charge in [0.2, 0.25) is 0 Å². The van der Waals surface area contributed by atoms with Crippen LogP contribution < -0.4 is 4.74 Å². The van der Waals surface area contributed by atoms with Crippen LogP contribution in [0.25, 0.3) is 76.9 Å². The zero-order valence-corrected chi connectivity index (χ0v) is 21.3. The van der Waals surface area contributed by atoms with Crippen molar-refractivity contribution in [1.82, 2.24) is 9.13 Å². The van der Waals surface area contributed by atoms with E-state index in [9.17, 15) is 0 Å². The first-order valence-corrected chi connectivity index (χ1v) is 13.5. The molecule has 1 aliphatic heterocycles. The number of ether oxygens (including phenoxy) is 1. The summed E-state index contributed by atoms with van der Waals surface area (Å²) in [4.78, 5) is 0. The number of para-hydroxylation sites is 5. The Balaban J connectivity index is 1.41. The lowest BCUT2D eigenvalue weighted by Crippen LogP contribution is -2.03. The minimum absolute atomic E-state index is 0.871. The van der Waals surface area contributed by atoms with Crippen LogP contribution in [-0.4, -0.2) is 9.13 Å². The lowest BCUT2D eigenvalue weighted by atomic mass is 10.1. The number of fused-ring (bicyclic) bond motifs is 12. The largest absolute Gasteiger partial charge is 0.456 e. The van der Waals surface area contributed by atoms with Gasteiger partial charge in [-0.15, -0.1) is 0 Å². The summed E-state index contributed by atoms with van der Waals surface area (Å²) in [5, 5.41) is 7.13. The molecule has 0 aliphatic carbocycles. The minimum atomic E-state index is 0.871. The Morgan fingerprint density at radius 2 is 1.20 bits per heavy atom. The van der Waals surface area contributed by atoms with Crippen LogP contribution in [0.3, 0.4) is 0 Å². The number of benzene rings is 6. The zero-order chi connectivity index (χ0) is 25.9. The molecule has 1 aliphatic rings. The number of aromatic nitrogens is 2. The van der Waals surface area contributed by atoms with E-state index in [2.05, 4.69) is 106 Å². The van der Waals surface area contributed by atoms with Gasteiger partial charge in [-0.05, 0) is 48.5 Å². The Hall–Kier alpha value is -5.48. The van der Waals surface area contributed by atoms with Gasteiger partial charge in [-0.1, -0.05) is 66.7 Å². The fourth-order valence-electron chi connectivity index (χ4n) is 6.88. The van der Waals surface area contributed by atoms with Crippen LogP contribution >= 0.6 is 0 Å². The summed E-state index contributed by atoms with van der Waals surface area (Å²) in [6, 6.07) is 42.7. The predicted molar refractivity (Wildman–Crippen MR) is 162 cm³/mol. The van der Waals surface area contributed by atoms with Gasteiger partial charge in [0.25, 0.3) is 0 Å². The summed E-state index contributed by atoms with van der Waals surface area (Å²) >= 11 is 0. The van der Waals surface area contributed by atoms with Crippen LogP contribution in [0, 0.1) is 0 Å². The second-order valence-electron chi connectivity index (χ2n) is 10.5. The Bertz CT molecular complexity index is 2520. The molecule has 0 radical (unpaired) electrons. The molecule has 4 heterocycles. The molecule has 4 nitrogen and oxygen atoms in total. The van der Waals surface area contributed by atoms with Gasteiger partial charge in [0.15, 0.2) is 11.5 Å². The first-order valence-electron chi connectivity index (χ1n) is 13.5. The number of rotatable bonds is 1. The molecule has 0 saturated heterocycles. The molecule has 0 unspecified atom stereocenters. The van der Waals surface area contributed by atoms with Gasteiger partial charge in [0.1, 0.15) is 11.2 Å². The van der Waals surface area contributed by atoms with Crippen molar-refractivity contribution < 1.29 is 9.15 Å². The third-order valence-electron chi connectivity index (χ3n) is 8.49. The SMILES string of the molecule is c1ccc2c(c1)Oc1cccc3c4c(ccc5c6ccccc6n(-c6ccc7c(c6)oc6ccccc67)c54)n-2c13. The first kappa shape index (κ1) is 20.5. The summed E-state index contributed by atoms with van der Waals surface area (Å²) in [6.07, 6.45) is 0. The fraction of sp³-hybridized carbons (Fsp3) is 0. The summed E-state index contributed by atoms with van der Waals surface area (Å²) in [5.74, 6) is 1.75. The molecule has 9 aromatic rings. The van der Waals surface area contributed by atoms with E-state index in [1.54, 1.807) is 0 Å². The van der Waals surface area contributed by atoms with Crippen molar-refractivity contribution in [3.8, 4) is 22.9 Å². The van der Waals surface area contributed by atoms with Crippen molar-refractivity contribution in [2.24, 2.45) is 0 Å². The molecule has 0 N–H and O–H groups in total. The summed E-state index contributed by atoms with van der Waals surface area (Å²) < 4.78 is 17.5. The van der Waals surface area contributed by atoms with Gasteiger partial charge in [-0.25, -0.2) is 0 Å². The average molecular weight is 513 g/mol. The quantitative estimate of drug-likeness (QED) is 0.219. The van der Waals surface area contributed by atoms with Gasteiger partial charge < -0.3 is 18.3 Å². The first-order chi connectivity index (χ1) is 19.8. The Kier molecular flexibility index (Phi) is 3.65. The van der Waals surface area contributed by atoms with Gasteiger partial charge in [-0.2, -0.15) is 0 Å². The monoisotopic (exact) mass is 512 g/mol. The van der Waals surface area contributed by atoms with E-state index < -0.39 is 0 Å². The summed E-state index contributed by atoms with van der Waals surface area (Å²) in [7, 11) is 0. The lowest BCUT2D eigenvalue weighted by Gasteiger charge is -2.20. The molecule has 4 heteroatoms. The van der Waals surface area contributed by atoms with E-state index in [0.717, 1.165) is 50.3 Å². The highest BCUT2D eigenvalue weighted by molar-refractivity contribution is 6.27. The van der Waals surface area contributed by atoms with Crippen molar-refractivity contribution in [2.75, 3.05) is 0 Å². The predicted octanol–water partition coefficient (Wildman–Crippen LogP) is 9.89. The number of hydrogen-bond acceptors (Lipinski definition) is 2. The van der Waals surface area contributed by atoms with Gasteiger partial charge in [0.05, 0.1) is 27.8 Å². The summed E-state index contributed by atoms with van der Waals surface area (Å²) in [5.41, 5.74) is 8.57. The summed E-state index contributed by atoms with van der Waals surface area (Å²) in [6.45, 7) is 0. The van der Waals surface area contributed by atoms with Gasteiger partial charge in [0, 0.05) is 44.1 Å². The number of nitrogens with zero attached hydrogens (tertiary/aromatic N) is 2. The molecule has 186 valence electrons. The maximum atomic E-state index is 6.40. The van der Waals surface area contributed by atoms with Crippen LogP contribution in [0.4, 0.5) is 0 Å². The van der Waals surface area contributed by atoms with E-state index in [0.29, 0.717) is 0 Å². The van der Waals surface area contributed by atoms with Crippen LogP contribution in [-0.2, 0) is 0 Å². The Morgan fingerprint density at radius 3 is 2.17 bits per heavy atom. The molecule has 10 rings (SSSR count). The van der Waals surface area contributed by atoms with E-state index in [1.807, 2.05) is 24.3 Å². The van der Waals surface area contributed by atoms with Crippen LogP contribution in [0.1, 0.15) is 0 Å². The number of furan rings is 1. The van der Waals surface area contributed by atoms with Crippen molar-refractivity contribution in [2.45, 2.75) is 0 Å². The average Bonchev–Trinajstić information content (AvgIpc) is 3.65. The normalized spacial score (nSPS) is 12.7. The standard InChI is InChI=1S/C36H20N2O2/c1-3-11-27-22(8-1)25-18-19-29-34(26-10-7-15-32-35(26)38(29)28-12-4-6-14-31(28)40-32)36(25)37(27)21-16-17-24-23-9-2-5-13-30(23)39-33(24)20-21/h1-20H. The molecule has 40 heavy (non-hydrogen) atoms. The highest BCUT2D eigenvalue weighted by atomic mass is 16.5. The zero-order valence-electron chi connectivity index (χ0n) is 21.3. The molecule has 0 fully saturated rings. The third-order valence-corrected chi connectivity index (χ3v) is 8.49. The van der Waals surface area contributed by atoms with E-state index in [1.165, 1.54) is 38.1 Å². The molecular formula is C36H20N2O2. The topological polar surface area (TPSA) is 32.2 Å². The van der Waals surface area contributed by atoms with E-state index in [-0.39, 0.29) is 0 Å². The highest BCUT2D eigenvalue weighted by Gasteiger charge is 2.26. The van der Waals surface area contributed by atoms with Gasteiger partial charge >= 0.3 is 0 Å². The molecule has 6 aromatic carbocycles.